The van der Waals surface area contributed by atoms with Gasteiger partial charge in [-0.1, -0.05) is 31.5 Å². The number of guanidine groups is 1. The smallest absolute Gasteiger partial charge is 0.190 e. The summed E-state index contributed by atoms with van der Waals surface area (Å²) in [7, 11) is 1.84. The van der Waals surface area contributed by atoms with Crippen LogP contribution in [0, 0.1) is 5.92 Å². The van der Waals surface area contributed by atoms with Crippen LogP contribution < -0.4 is 10.6 Å². The van der Waals surface area contributed by atoms with Gasteiger partial charge >= 0.3 is 0 Å². The molecule has 1 aliphatic rings. The second-order valence-electron chi connectivity index (χ2n) is 7.46. The number of para-hydroxylation sites is 1. The molecule has 1 atom stereocenters. The van der Waals surface area contributed by atoms with Gasteiger partial charge in [-0.15, -0.1) is 24.0 Å². The Hall–Kier alpha value is -1.28. The van der Waals surface area contributed by atoms with Crippen molar-refractivity contribution in [2.75, 3.05) is 39.8 Å². The van der Waals surface area contributed by atoms with Gasteiger partial charge in [0, 0.05) is 43.8 Å². The van der Waals surface area contributed by atoms with Gasteiger partial charge in [-0.25, -0.2) is 0 Å². The number of nitrogens with zero attached hydrogens (tertiary/aromatic N) is 2. The van der Waals surface area contributed by atoms with Crippen LogP contribution in [0.15, 0.2) is 35.5 Å². The Kier molecular flexibility index (Phi) is 9.41. The lowest BCUT2D eigenvalue weighted by atomic mass is 10.1. The Bertz CT molecular complexity index is 705. The van der Waals surface area contributed by atoms with Gasteiger partial charge in [0.05, 0.1) is 0 Å². The van der Waals surface area contributed by atoms with Gasteiger partial charge in [0.2, 0.25) is 0 Å². The maximum absolute atomic E-state index is 4.36. The molecular formula is C21H34IN5. The highest BCUT2D eigenvalue weighted by atomic mass is 127. The van der Waals surface area contributed by atoms with E-state index in [1.54, 1.807) is 0 Å². The van der Waals surface area contributed by atoms with Gasteiger partial charge in [-0.3, -0.25) is 4.99 Å². The number of hydrogen-bond donors (Lipinski definition) is 3. The molecule has 1 unspecified atom stereocenters. The molecule has 27 heavy (non-hydrogen) atoms. The lowest BCUT2D eigenvalue weighted by molar-refractivity contribution is 0.201. The SMILES string of the molecule is CN=C(NCCc1c[nH]c2ccccc12)NCC(C)CN1CCCCC1.I. The number of aromatic nitrogens is 1. The highest BCUT2D eigenvalue weighted by Crippen LogP contribution is 2.17. The minimum Gasteiger partial charge on any atom is -0.361 e. The third kappa shape index (κ3) is 6.68. The molecule has 1 aliphatic heterocycles. The van der Waals surface area contributed by atoms with Crippen molar-refractivity contribution < 1.29 is 0 Å². The second-order valence-corrected chi connectivity index (χ2v) is 7.46. The quantitative estimate of drug-likeness (QED) is 0.321. The number of aliphatic imine (C=N–C) groups is 1. The average Bonchev–Trinajstić information content (AvgIpc) is 3.08. The summed E-state index contributed by atoms with van der Waals surface area (Å²) in [6, 6.07) is 8.46. The Morgan fingerprint density at radius 3 is 2.74 bits per heavy atom. The van der Waals surface area contributed by atoms with E-state index >= 15 is 0 Å². The van der Waals surface area contributed by atoms with E-state index in [0.717, 1.165) is 25.5 Å². The molecule has 0 saturated carbocycles. The molecule has 0 bridgehead atoms. The Labute approximate surface area is 180 Å². The summed E-state index contributed by atoms with van der Waals surface area (Å²) >= 11 is 0. The van der Waals surface area contributed by atoms with Crippen molar-refractivity contribution in [3.63, 3.8) is 0 Å². The van der Waals surface area contributed by atoms with Gasteiger partial charge in [0.1, 0.15) is 0 Å². The van der Waals surface area contributed by atoms with E-state index in [2.05, 4.69) is 62.9 Å². The molecule has 5 nitrogen and oxygen atoms in total. The van der Waals surface area contributed by atoms with Crippen LogP contribution in [0.25, 0.3) is 10.9 Å². The molecule has 2 heterocycles. The van der Waals surface area contributed by atoms with Gasteiger partial charge in [-0.05, 0) is 49.9 Å². The van der Waals surface area contributed by atoms with E-state index in [9.17, 15) is 0 Å². The first-order valence-corrected chi connectivity index (χ1v) is 9.98. The number of likely N-dealkylation sites (tertiary alicyclic amines) is 1. The molecule has 0 spiro atoms. The number of halogens is 1. The van der Waals surface area contributed by atoms with Crippen molar-refractivity contribution in [3.8, 4) is 0 Å². The predicted octanol–water partition coefficient (Wildman–Crippen LogP) is 3.62. The summed E-state index contributed by atoms with van der Waals surface area (Å²) in [5, 5.41) is 8.24. The first kappa shape index (κ1) is 22.0. The monoisotopic (exact) mass is 483 g/mol. The minimum atomic E-state index is 0. The first-order chi connectivity index (χ1) is 12.8. The summed E-state index contributed by atoms with van der Waals surface area (Å²) in [5.74, 6) is 1.52. The highest BCUT2D eigenvalue weighted by molar-refractivity contribution is 14.0. The zero-order chi connectivity index (χ0) is 18.2. The number of benzene rings is 1. The van der Waals surface area contributed by atoms with Crippen LogP contribution in [-0.4, -0.2) is 55.6 Å². The Balaban J connectivity index is 0.00000261. The van der Waals surface area contributed by atoms with Crippen LogP contribution >= 0.6 is 24.0 Å². The molecule has 150 valence electrons. The maximum Gasteiger partial charge on any atom is 0.190 e. The molecule has 2 aromatic rings. The minimum absolute atomic E-state index is 0. The fraction of sp³-hybridized carbons (Fsp3) is 0.571. The second kappa shape index (κ2) is 11.5. The number of aromatic amines is 1. The lowest BCUT2D eigenvalue weighted by Crippen LogP contribution is -2.42. The van der Waals surface area contributed by atoms with Gasteiger partial charge < -0.3 is 20.5 Å². The van der Waals surface area contributed by atoms with Crippen molar-refractivity contribution >= 4 is 40.8 Å². The molecule has 0 radical (unpaired) electrons. The molecule has 1 saturated heterocycles. The lowest BCUT2D eigenvalue weighted by Gasteiger charge is -2.29. The van der Waals surface area contributed by atoms with Crippen molar-refractivity contribution in [3.05, 3.63) is 36.0 Å². The fourth-order valence-corrected chi connectivity index (χ4v) is 3.79. The third-order valence-corrected chi connectivity index (χ3v) is 5.22. The molecule has 3 rings (SSSR count). The van der Waals surface area contributed by atoms with Crippen LogP contribution in [0.3, 0.4) is 0 Å². The van der Waals surface area contributed by atoms with Gasteiger partial charge in [0.25, 0.3) is 0 Å². The van der Waals surface area contributed by atoms with Crippen LogP contribution in [0.2, 0.25) is 0 Å². The largest absolute Gasteiger partial charge is 0.361 e. The topological polar surface area (TPSA) is 55.5 Å². The van der Waals surface area contributed by atoms with Crippen molar-refractivity contribution in [1.82, 2.24) is 20.5 Å². The number of hydrogen-bond acceptors (Lipinski definition) is 2. The van der Waals surface area contributed by atoms with Crippen LogP contribution in [0.4, 0.5) is 0 Å². The molecule has 0 amide bonds. The van der Waals surface area contributed by atoms with Crippen LogP contribution in [0.1, 0.15) is 31.7 Å². The average molecular weight is 483 g/mol. The van der Waals surface area contributed by atoms with Crippen LogP contribution in [-0.2, 0) is 6.42 Å². The zero-order valence-corrected chi connectivity index (χ0v) is 19.0. The van der Waals surface area contributed by atoms with E-state index in [-0.39, 0.29) is 24.0 Å². The van der Waals surface area contributed by atoms with Crippen molar-refractivity contribution in [2.24, 2.45) is 10.9 Å². The van der Waals surface area contributed by atoms with Crippen molar-refractivity contribution in [1.29, 1.82) is 0 Å². The molecule has 1 fully saturated rings. The zero-order valence-electron chi connectivity index (χ0n) is 16.6. The standard InChI is InChI=1S/C21H33N5.HI/c1-17(16-26-12-6-3-7-13-26)14-25-21(22-2)23-11-10-18-15-24-20-9-5-4-8-19(18)20;/h4-5,8-9,15,17,24H,3,6-7,10-14,16H2,1-2H3,(H2,22,23,25);1H. The summed E-state index contributed by atoms with van der Waals surface area (Å²) in [6.45, 7) is 7.87. The summed E-state index contributed by atoms with van der Waals surface area (Å²) in [4.78, 5) is 10.3. The number of piperidine rings is 1. The number of H-pyrrole nitrogens is 1. The molecule has 1 aromatic heterocycles. The van der Waals surface area contributed by atoms with E-state index in [1.807, 2.05) is 7.05 Å². The van der Waals surface area contributed by atoms with E-state index < -0.39 is 0 Å². The predicted molar refractivity (Wildman–Crippen MR) is 126 cm³/mol. The number of rotatable bonds is 7. The number of fused-ring (bicyclic) bond motifs is 1. The van der Waals surface area contributed by atoms with E-state index in [1.165, 1.54) is 55.4 Å². The summed E-state index contributed by atoms with van der Waals surface area (Å²) in [6.07, 6.45) is 7.21. The van der Waals surface area contributed by atoms with Crippen molar-refractivity contribution in [2.45, 2.75) is 32.6 Å². The van der Waals surface area contributed by atoms with Gasteiger partial charge in [-0.2, -0.15) is 0 Å². The normalized spacial score (nSPS) is 16.7. The molecular weight excluding hydrogens is 449 g/mol. The highest BCUT2D eigenvalue weighted by Gasteiger charge is 2.13. The first-order valence-electron chi connectivity index (χ1n) is 9.98. The Morgan fingerprint density at radius 2 is 1.96 bits per heavy atom. The van der Waals surface area contributed by atoms with Crippen LogP contribution in [0.5, 0.6) is 0 Å². The molecule has 0 aliphatic carbocycles. The Morgan fingerprint density at radius 1 is 1.19 bits per heavy atom. The van der Waals surface area contributed by atoms with Gasteiger partial charge in [0.15, 0.2) is 5.96 Å². The van der Waals surface area contributed by atoms with E-state index in [0.29, 0.717) is 5.92 Å². The molecule has 1 aromatic carbocycles. The van der Waals surface area contributed by atoms with E-state index in [4.69, 9.17) is 0 Å². The number of nitrogens with one attached hydrogen (secondary N) is 3. The third-order valence-electron chi connectivity index (χ3n) is 5.22. The summed E-state index contributed by atoms with van der Waals surface area (Å²) < 4.78 is 0. The molecule has 3 N–H and O–H groups in total. The fourth-order valence-electron chi connectivity index (χ4n) is 3.79. The summed E-state index contributed by atoms with van der Waals surface area (Å²) in [5.41, 5.74) is 2.55. The maximum atomic E-state index is 4.36. The molecule has 6 heteroatoms.